The van der Waals surface area contributed by atoms with Gasteiger partial charge in [0.2, 0.25) is 0 Å². The fraction of sp³-hybridized carbons (Fsp3) is 0.588. The fourth-order valence-electron chi connectivity index (χ4n) is 2.76. The highest BCUT2D eigenvalue weighted by Gasteiger charge is 2.36. The highest BCUT2D eigenvalue weighted by molar-refractivity contribution is 5.69. The van der Waals surface area contributed by atoms with E-state index in [0.717, 1.165) is 24.2 Å². The summed E-state index contributed by atoms with van der Waals surface area (Å²) in [6.07, 6.45) is 1.57. The van der Waals surface area contributed by atoms with E-state index in [9.17, 15) is 4.79 Å². The largest absolute Gasteiger partial charge is 0.497 e. The van der Waals surface area contributed by atoms with Gasteiger partial charge < -0.3 is 20.1 Å². The smallest absolute Gasteiger partial charge is 0.410 e. The van der Waals surface area contributed by atoms with Crippen LogP contribution in [0.25, 0.3) is 0 Å². The zero-order valence-corrected chi connectivity index (χ0v) is 13.8. The Kier molecular flexibility index (Phi) is 4.96. The molecule has 1 aliphatic heterocycles. The van der Waals surface area contributed by atoms with Crippen molar-refractivity contribution in [3.63, 3.8) is 0 Å². The number of carbonyl (C=O) groups is 1. The molecule has 1 aromatic rings. The summed E-state index contributed by atoms with van der Waals surface area (Å²) < 4.78 is 10.6. The third-order valence-electron chi connectivity index (χ3n) is 3.84. The second-order valence-electron chi connectivity index (χ2n) is 6.68. The molecular formula is C17H26N2O3. The fourth-order valence-corrected chi connectivity index (χ4v) is 2.76. The van der Waals surface area contributed by atoms with Crippen LogP contribution in [0.5, 0.6) is 5.75 Å². The molecule has 0 saturated carbocycles. The molecule has 0 aliphatic carbocycles. The van der Waals surface area contributed by atoms with Gasteiger partial charge in [0, 0.05) is 6.54 Å². The quantitative estimate of drug-likeness (QED) is 0.932. The number of methoxy groups -OCH3 is 1. The molecule has 5 nitrogen and oxygen atoms in total. The molecular weight excluding hydrogens is 280 g/mol. The van der Waals surface area contributed by atoms with Crippen LogP contribution in [0.1, 0.15) is 45.2 Å². The van der Waals surface area contributed by atoms with E-state index in [1.54, 1.807) is 12.0 Å². The van der Waals surface area contributed by atoms with Crippen LogP contribution in [0.3, 0.4) is 0 Å². The molecule has 5 heteroatoms. The molecule has 1 amide bonds. The lowest BCUT2D eigenvalue weighted by Gasteiger charge is -2.31. The van der Waals surface area contributed by atoms with E-state index >= 15 is 0 Å². The van der Waals surface area contributed by atoms with Crippen molar-refractivity contribution in [3.05, 3.63) is 29.8 Å². The van der Waals surface area contributed by atoms with E-state index in [2.05, 4.69) is 0 Å². The molecule has 1 fully saturated rings. The average Bonchev–Trinajstić information content (AvgIpc) is 2.94. The maximum atomic E-state index is 12.3. The highest BCUT2D eigenvalue weighted by atomic mass is 16.6. The Balaban J connectivity index is 2.10. The van der Waals surface area contributed by atoms with Crippen LogP contribution in [-0.2, 0) is 4.74 Å². The van der Waals surface area contributed by atoms with Gasteiger partial charge in [-0.1, -0.05) is 12.1 Å². The number of likely N-dealkylation sites (tertiary alicyclic amines) is 1. The lowest BCUT2D eigenvalue weighted by Crippen LogP contribution is -2.44. The van der Waals surface area contributed by atoms with Crippen LogP contribution in [0, 0.1) is 0 Å². The van der Waals surface area contributed by atoms with Gasteiger partial charge in [0.1, 0.15) is 11.4 Å². The maximum Gasteiger partial charge on any atom is 0.410 e. The molecule has 1 aliphatic rings. The second kappa shape index (κ2) is 6.57. The molecule has 1 heterocycles. The third kappa shape index (κ3) is 3.91. The van der Waals surface area contributed by atoms with Crippen molar-refractivity contribution in [2.75, 3.05) is 13.7 Å². The van der Waals surface area contributed by atoms with Crippen LogP contribution in [0.2, 0.25) is 0 Å². The summed E-state index contributed by atoms with van der Waals surface area (Å²) in [7, 11) is 1.64. The van der Waals surface area contributed by atoms with E-state index in [1.165, 1.54) is 0 Å². The number of hydrogen-bond acceptors (Lipinski definition) is 4. The van der Waals surface area contributed by atoms with E-state index in [4.69, 9.17) is 15.2 Å². The number of nitrogens with two attached hydrogens (primary N) is 1. The van der Waals surface area contributed by atoms with Crippen LogP contribution >= 0.6 is 0 Å². The number of carbonyl (C=O) groups excluding carboxylic acids is 1. The van der Waals surface area contributed by atoms with Crippen molar-refractivity contribution in [3.8, 4) is 5.75 Å². The lowest BCUT2D eigenvalue weighted by molar-refractivity contribution is 0.0206. The van der Waals surface area contributed by atoms with Crippen LogP contribution < -0.4 is 10.5 Å². The first-order chi connectivity index (χ1) is 10.3. The molecule has 0 aromatic heterocycles. The Morgan fingerprint density at radius 1 is 1.32 bits per heavy atom. The number of amides is 1. The van der Waals surface area contributed by atoms with E-state index in [-0.39, 0.29) is 18.2 Å². The van der Waals surface area contributed by atoms with Crippen molar-refractivity contribution in [2.24, 2.45) is 5.73 Å². The van der Waals surface area contributed by atoms with Crippen molar-refractivity contribution in [1.82, 2.24) is 4.90 Å². The summed E-state index contributed by atoms with van der Waals surface area (Å²) in [6.45, 7) is 6.32. The summed E-state index contributed by atoms with van der Waals surface area (Å²) in [5.74, 6) is 0.798. The number of nitrogens with zero attached hydrogens (tertiary/aromatic N) is 1. The van der Waals surface area contributed by atoms with E-state index in [0.29, 0.717) is 6.54 Å². The standard InChI is InChI=1S/C17H26N2O3/c1-17(2,3)22-16(20)19-11-5-6-14(19)15(18)12-7-9-13(21-4)10-8-12/h7-10,14-15H,5-6,11,18H2,1-4H3. The van der Waals surface area contributed by atoms with Crippen LogP contribution in [0.15, 0.2) is 24.3 Å². The zero-order valence-electron chi connectivity index (χ0n) is 13.8. The summed E-state index contributed by atoms with van der Waals surface area (Å²) in [4.78, 5) is 14.1. The molecule has 2 unspecified atom stereocenters. The Labute approximate surface area is 132 Å². The van der Waals surface area contributed by atoms with Crippen molar-refractivity contribution >= 4 is 6.09 Å². The Morgan fingerprint density at radius 3 is 2.50 bits per heavy atom. The Hall–Kier alpha value is -1.75. The molecule has 122 valence electrons. The Bertz CT molecular complexity index is 508. The second-order valence-corrected chi connectivity index (χ2v) is 6.68. The van der Waals surface area contributed by atoms with Gasteiger partial charge in [0.05, 0.1) is 19.2 Å². The summed E-state index contributed by atoms with van der Waals surface area (Å²) in [6, 6.07) is 7.44. The number of hydrogen-bond donors (Lipinski definition) is 1. The van der Waals surface area contributed by atoms with Gasteiger partial charge in [0.15, 0.2) is 0 Å². The van der Waals surface area contributed by atoms with Crippen LogP contribution in [0.4, 0.5) is 4.79 Å². The highest BCUT2D eigenvalue weighted by Crippen LogP contribution is 2.30. The molecule has 22 heavy (non-hydrogen) atoms. The predicted octanol–water partition coefficient (Wildman–Crippen LogP) is 3.09. The molecule has 1 aromatic carbocycles. The molecule has 1 saturated heterocycles. The first-order valence-corrected chi connectivity index (χ1v) is 7.71. The molecule has 2 N–H and O–H groups in total. The predicted molar refractivity (Wildman–Crippen MR) is 85.9 cm³/mol. The van der Waals surface area contributed by atoms with Gasteiger partial charge in [-0.25, -0.2) is 4.79 Å². The van der Waals surface area contributed by atoms with Gasteiger partial charge in [-0.2, -0.15) is 0 Å². The van der Waals surface area contributed by atoms with E-state index < -0.39 is 5.60 Å². The molecule has 0 radical (unpaired) electrons. The Morgan fingerprint density at radius 2 is 1.95 bits per heavy atom. The van der Waals surface area contributed by atoms with Gasteiger partial charge in [-0.3, -0.25) is 0 Å². The number of ether oxygens (including phenoxy) is 2. The number of benzene rings is 1. The summed E-state index contributed by atoms with van der Waals surface area (Å²) in [5, 5.41) is 0. The molecule has 2 rings (SSSR count). The first kappa shape index (κ1) is 16.6. The summed E-state index contributed by atoms with van der Waals surface area (Å²) >= 11 is 0. The SMILES string of the molecule is COc1ccc(C(N)C2CCCN2C(=O)OC(C)(C)C)cc1. The van der Waals surface area contributed by atoms with Gasteiger partial charge in [-0.05, 0) is 51.3 Å². The normalized spacial score (nSPS) is 19.9. The minimum absolute atomic E-state index is 0.0248. The van der Waals surface area contributed by atoms with Crippen LogP contribution in [-0.4, -0.2) is 36.3 Å². The first-order valence-electron chi connectivity index (χ1n) is 7.71. The van der Waals surface area contributed by atoms with Gasteiger partial charge >= 0.3 is 6.09 Å². The topological polar surface area (TPSA) is 64.8 Å². The lowest BCUT2D eigenvalue weighted by atomic mass is 9.98. The average molecular weight is 306 g/mol. The summed E-state index contributed by atoms with van der Waals surface area (Å²) in [5.41, 5.74) is 6.90. The minimum atomic E-state index is -0.492. The monoisotopic (exact) mass is 306 g/mol. The van der Waals surface area contributed by atoms with Crippen molar-refractivity contribution in [1.29, 1.82) is 0 Å². The molecule has 2 atom stereocenters. The molecule has 0 bridgehead atoms. The van der Waals surface area contributed by atoms with E-state index in [1.807, 2.05) is 45.0 Å². The molecule has 0 spiro atoms. The van der Waals surface area contributed by atoms with Crippen molar-refractivity contribution < 1.29 is 14.3 Å². The van der Waals surface area contributed by atoms with Gasteiger partial charge in [0.25, 0.3) is 0 Å². The third-order valence-corrected chi connectivity index (χ3v) is 3.84. The van der Waals surface area contributed by atoms with Gasteiger partial charge in [-0.15, -0.1) is 0 Å². The zero-order chi connectivity index (χ0) is 16.3. The van der Waals surface area contributed by atoms with Crippen molar-refractivity contribution in [2.45, 2.75) is 51.3 Å². The minimum Gasteiger partial charge on any atom is -0.497 e. The maximum absolute atomic E-state index is 12.3. The number of rotatable bonds is 3.